The van der Waals surface area contributed by atoms with Crippen LogP contribution in [0.5, 0.6) is 0 Å². The van der Waals surface area contributed by atoms with Crippen molar-refractivity contribution in [3.05, 3.63) is 17.0 Å². The first-order valence-corrected chi connectivity index (χ1v) is 6.63. The summed E-state index contributed by atoms with van der Waals surface area (Å²) in [6.07, 6.45) is 2.95. The lowest BCUT2D eigenvalue weighted by atomic mass is 9.95. The SMILES string of the molecule is CCC(C)(CCO)Nc1c(C)c(Cl)nc2ncnn12. The predicted molar refractivity (Wildman–Crippen MR) is 74.6 cm³/mol. The molecule has 0 aromatic carbocycles. The molecule has 0 aliphatic carbocycles. The Kier molecular flexibility index (Phi) is 3.91. The second-order valence-corrected chi connectivity index (χ2v) is 5.22. The number of halogens is 1. The van der Waals surface area contributed by atoms with E-state index >= 15 is 0 Å². The van der Waals surface area contributed by atoms with E-state index in [1.807, 2.05) is 6.92 Å². The molecule has 0 bridgehead atoms. The Balaban J connectivity index is 2.49. The highest BCUT2D eigenvalue weighted by molar-refractivity contribution is 6.30. The van der Waals surface area contributed by atoms with E-state index in [0.717, 1.165) is 17.8 Å². The van der Waals surface area contributed by atoms with Crippen molar-refractivity contribution in [2.45, 2.75) is 39.2 Å². The number of aliphatic hydroxyl groups excluding tert-OH is 1. The standard InChI is InChI=1S/C12H18ClN5O/c1-4-12(3,5-6-19)17-10-8(2)9(13)16-11-14-7-15-18(10)11/h7,17,19H,4-6H2,1-3H3. The van der Waals surface area contributed by atoms with E-state index in [1.165, 1.54) is 6.33 Å². The Bertz CT molecular complexity index is 585. The second kappa shape index (κ2) is 5.30. The van der Waals surface area contributed by atoms with Crippen molar-refractivity contribution in [1.29, 1.82) is 0 Å². The topological polar surface area (TPSA) is 75.3 Å². The van der Waals surface area contributed by atoms with Crippen molar-refractivity contribution in [3.63, 3.8) is 0 Å². The molecule has 0 saturated heterocycles. The molecule has 19 heavy (non-hydrogen) atoms. The highest BCUT2D eigenvalue weighted by Gasteiger charge is 2.24. The van der Waals surface area contributed by atoms with E-state index in [-0.39, 0.29) is 12.1 Å². The van der Waals surface area contributed by atoms with Crippen molar-refractivity contribution >= 4 is 23.2 Å². The van der Waals surface area contributed by atoms with Crippen molar-refractivity contribution in [1.82, 2.24) is 19.6 Å². The summed E-state index contributed by atoms with van der Waals surface area (Å²) >= 11 is 6.12. The van der Waals surface area contributed by atoms with Crippen LogP contribution in [0, 0.1) is 6.92 Å². The molecule has 104 valence electrons. The lowest BCUT2D eigenvalue weighted by molar-refractivity contribution is 0.251. The van der Waals surface area contributed by atoms with Gasteiger partial charge in [0, 0.05) is 17.7 Å². The Morgan fingerprint density at radius 2 is 2.26 bits per heavy atom. The molecule has 1 atom stereocenters. The van der Waals surface area contributed by atoms with Crippen LogP contribution in [0.1, 0.15) is 32.3 Å². The summed E-state index contributed by atoms with van der Waals surface area (Å²) in [5, 5.41) is 17.2. The van der Waals surface area contributed by atoms with Gasteiger partial charge in [0.1, 0.15) is 17.3 Å². The zero-order valence-corrected chi connectivity index (χ0v) is 12.1. The first-order chi connectivity index (χ1) is 9.00. The van der Waals surface area contributed by atoms with Crippen LogP contribution in [0.25, 0.3) is 5.78 Å². The molecule has 6 nitrogen and oxygen atoms in total. The number of hydrogen-bond acceptors (Lipinski definition) is 5. The van der Waals surface area contributed by atoms with Crippen LogP contribution in [-0.4, -0.2) is 36.8 Å². The monoisotopic (exact) mass is 283 g/mol. The lowest BCUT2D eigenvalue weighted by Gasteiger charge is -2.31. The molecular weight excluding hydrogens is 266 g/mol. The van der Waals surface area contributed by atoms with Crippen LogP contribution in [-0.2, 0) is 0 Å². The van der Waals surface area contributed by atoms with Crippen LogP contribution in [0.15, 0.2) is 6.33 Å². The van der Waals surface area contributed by atoms with Gasteiger partial charge in [-0.15, -0.1) is 0 Å². The second-order valence-electron chi connectivity index (χ2n) is 4.86. The molecule has 7 heteroatoms. The van der Waals surface area contributed by atoms with E-state index in [1.54, 1.807) is 4.52 Å². The molecule has 2 N–H and O–H groups in total. The quantitative estimate of drug-likeness (QED) is 0.822. The molecule has 0 aliphatic heterocycles. The number of nitrogens with one attached hydrogen (secondary N) is 1. The van der Waals surface area contributed by atoms with Gasteiger partial charge in [-0.3, -0.25) is 0 Å². The maximum absolute atomic E-state index is 9.19. The summed E-state index contributed by atoms with van der Waals surface area (Å²) in [6.45, 7) is 6.13. The number of rotatable bonds is 5. The van der Waals surface area contributed by atoms with Crippen LogP contribution in [0.3, 0.4) is 0 Å². The minimum absolute atomic E-state index is 0.121. The van der Waals surface area contributed by atoms with Gasteiger partial charge < -0.3 is 10.4 Å². The van der Waals surface area contributed by atoms with Crippen LogP contribution < -0.4 is 5.32 Å². The highest BCUT2D eigenvalue weighted by Crippen LogP contribution is 2.27. The molecule has 2 aromatic rings. The first kappa shape index (κ1) is 14.0. The molecule has 0 saturated carbocycles. The zero-order valence-electron chi connectivity index (χ0n) is 11.3. The minimum atomic E-state index is -0.233. The molecule has 0 amide bonds. The molecule has 1 unspecified atom stereocenters. The molecule has 2 rings (SSSR count). The number of nitrogens with zero attached hydrogens (tertiary/aromatic N) is 4. The summed E-state index contributed by atoms with van der Waals surface area (Å²) in [5.41, 5.74) is 0.584. The Labute approximate surface area is 116 Å². The van der Waals surface area contributed by atoms with Crippen molar-refractivity contribution in [3.8, 4) is 0 Å². The first-order valence-electron chi connectivity index (χ1n) is 6.25. The number of hydrogen-bond donors (Lipinski definition) is 2. The van der Waals surface area contributed by atoms with Crippen LogP contribution in [0.4, 0.5) is 5.82 Å². The third kappa shape index (κ3) is 2.64. The lowest BCUT2D eigenvalue weighted by Crippen LogP contribution is -2.36. The molecule has 0 spiro atoms. The minimum Gasteiger partial charge on any atom is -0.396 e. The Morgan fingerprint density at radius 3 is 2.89 bits per heavy atom. The van der Waals surface area contributed by atoms with E-state index < -0.39 is 0 Å². The van der Waals surface area contributed by atoms with Gasteiger partial charge in [0.2, 0.25) is 0 Å². The number of aromatic nitrogens is 4. The van der Waals surface area contributed by atoms with Gasteiger partial charge in [0.05, 0.1) is 0 Å². The fraction of sp³-hybridized carbons (Fsp3) is 0.583. The fourth-order valence-electron chi connectivity index (χ4n) is 1.90. The normalized spacial score (nSPS) is 14.6. The average molecular weight is 284 g/mol. The van der Waals surface area contributed by atoms with Crippen LogP contribution >= 0.6 is 11.6 Å². The Hall–Kier alpha value is -1.40. The molecule has 0 aliphatic rings. The van der Waals surface area contributed by atoms with E-state index in [2.05, 4.69) is 34.2 Å². The molecular formula is C12H18ClN5O. The number of aliphatic hydroxyl groups is 1. The average Bonchev–Trinajstić information content (AvgIpc) is 2.83. The summed E-state index contributed by atoms with van der Waals surface area (Å²) < 4.78 is 1.63. The van der Waals surface area contributed by atoms with Gasteiger partial charge in [-0.1, -0.05) is 18.5 Å². The van der Waals surface area contributed by atoms with E-state index in [4.69, 9.17) is 11.6 Å². The van der Waals surface area contributed by atoms with Gasteiger partial charge in [0.15, 0.2) is 0 Å². The van der Waals surface area contributed by atoms with E-state index in [0.29, 0.717) is 17.4 Å². The van der Waals surface area contributed by atoms with Gasteiger partial charge in [-0.25, -0.2) is 0 Å². The predicted octanol–water partition coefficient (Wildman–Crippen LogP) is 2.05. The smallest absolute Gasteiger partial charge is 0.255 e. The third-order valence-corrected chi connectivity index (χ3v) is 3.84. The maximum atomic E-state index is 9.19. The summed E-state index contributed by atoms with van der Waals surface area (Å²) in [5.74, 6) is 1.23. The number of anilines is 1. The molecule has 0 radical (unpaired) electrons. The molecule has 2 heterocycles. The van der Waals surface area contributed by atoms with Crippen LogP contribution in [0.2, 0.25) is 5.15 Å². The van der Waals surface area contributed by atoms with Gasteiger partial charge >= 0.3 is 0 Å². The van der Waals surface area contributed by atoms with Crippen molar-refractivity contribution in [2.75, 3.05) is 11.9 Å². The van der Waals surface area contributed by atoms with Gasteiger partial charge in [-0.2, -0.15) is 19.6 Å². The Morgan fingerprint density at radius 1 is 1.53 bits per heavy atom. The number of fused-ring (bicyclic) bond motifs is 1. The van der Waals surface area contributed by atoms with Gasteiger partial charge in [0.25, 0.3) is 5.78 Å². The van der Waals surface area contributed by atoms with Crippen molar-refractivity contribution < 1.29 is 5.11 Å². The summed E-state index contributed by atoms with van der Waals surface area (Å²) in [4.78, 5) is 8.21. The third-order valence-electron chi connectivity index (χ3n) is 3.47. The largest absolute Gasteiger partial charge is 0.396 e. The highest BCUT2D eigenvalue weighted by atomic mass is 35.5. The van der Waals surface area contributed by atoms with Crippen molar-refractivity contribution in [2.24, 2.45) is 0 Å². The van der Waals surface area contributed by atoms with Gasteiger partial charge in [-0.05, 0) is 26.7 Å². The maximum Gasteiger partial charge on any atom is 0.255 e. The summed E-state index contributed by atoms with van der Waals surface area (Å²) in [7, 11) is 0. The zero-order chi connectivity index (χ0) is 14.0. The summed E-state index contributed by atoms with van der Waals surface area (Å²) in [6, 6.07) is 0. The fourth-order valence-corrected chi connectivity index (χ4v) is 2.07. The molecule has 0 fully saturated rings. The molecule has 2 aromatic heterocycles. The van der Waals surface area contributed by atoms with E-state index in [9.17, 15) is 5.11 Å².